The molecule has 0 bridgehead atoms. The van der Waals surface area contributed by atoms with E-state index in [0.29, 0.717) is 27.2 Å². The number of morpholine rings is 1. The highest BCUT2D eigenvalue weighted by Crippen LogP contribution is 2.33. The largest absolute Gasteiger partial charge is 0.486 e. The SMILES string of the molecule is Cc1cncc(Cl)c1C(C)Oc1ccc2[nH]nc(/C(F)=C/c3ccc(CN4CCOCC4)nc3)c2c1. The van der Waals surface area contributed by atoms with E-state index >= 15 is 4.39 Å². The van der Waals surface area contributed by atoms with E-state index in [1.807, 2.05) is 38.1 Å². The molecule has 5 rings (SSSR count). The Hall–Kier alpha value is -3.33. The molecule has 3 aromatic heterocycles. The van der Waals surface area contributed by atoms with Gasteiger partial charge in [0, 0.05) is 49.2 Å². The average molecular weight is 508 g/mol. The monoisotopic (exact) mass is 507 g/mol. The highest BCUT2D eigenvalue weighted by atomic mass is 35.5. The Balaban J connectivity index is 1.34. The molecule has 9 heteroatoms. The predicted octanol–water partition coefficient (Wildman–Crippen LogP) is 5.75. The van der Waals surface area contributed by atoms with Crippen molar-refractivity contribution < 1.29 is 13.9 Å². The van der Waals surface area contributed by atoms with Crippen LogP contribution >= 0.6 is 11.6 Å². The van der Waals surface area contributed by atoms with Gasteiger partial charge in [0.25, 0.3) is 0 Å². The highest BCUT2D eigenvalue weighted by Gasteiger charge is 2.17. The van der Waals surface area contributed by atoms with E-state index < -0.39 is 5.83 Å². The minimum atomic E-state index is -0.456. The second kappa shape index (κ2) is 10.7. The topological polar surface area (TPSA) is 76.2 Å². The predicted molar refractivity (Wildman–Crippen MR) is 138 cm³/mol. The zero-order chi connectivity index (χ0) is 25.1. The van der Waals surface area contributed by atoms with Crippen molar-refractivity contribution in [2.75, 3.05) is 26.3 Å². The van der Waals surface area contributed by atoms with Gasteiger partial charge in [-0.1, -0.05) is 17.7 Å². The fourth-order valence-electron chi connectivity index (χ4n) is 4.39. The van der Waals surface area contributed by atoms with Gasteiger partial charge in [-0.15, -0.1) is 0 Å². The molecule has 1 fully saturated rings. The van der Waals surface area contributed by atoms with Gasteiger partial charge in [0.1, 0.15) is 17.5 Å². The first-order chi connectivity index (χ1) is 17.5. The van der Waals surface area contributed by atoms with Crippen LogP contribution in [0, 0.1) is 6.92 Å². The Morgan fingerprint density at radius 2 is 2.06 bits per heavy atom. The van der Waals surface area contributed by atoms with E-state index in [-0.39, 0.29) is 11.8 Å². The first kappa shape index (κ1) is 24.4. The minimum absolute atomic E-state index is 0.221. The summed E-state index contributed by atoms with van der Waals surface area (Å²) in [6.07, 6.45) is 6.17. The molecule has 0 radical (unpaired) electrons. The van der Waals surface area contributed by atoms with Crippen molar-refractivity contribution in [3.8, 4) is 5.75 Å². The van der Waals surface area contributed by atoms with Gasteiger partial charge in [-0.05, 0) is 55.3 Å². The number of nitrogens with zero attached hydrogens (tertiary/aromatic N) is 4. The molecule has 1 atom stereocenters. The lowest BCUT2D eigenvalue weighted by Gasteiger charge is -2.26. The van der Waals surface area contributed by atoms with Crippen molar-refractivity contribution in [1.29, 1.82) is 0 Å². The van der Waals surface area contributed by atoms with Gasteiger partial charge >= 0.3 is 0 Å². The number of pyridine rings is 2. The van der Waals surface area contributed by atoms with Crippen LogP contribution < -0.4 is 4.74 Å². The maximum atomic E-state index is 15.3. The van der Waals surface area contributed by atoms with Crippen LogP contribution in [0.1, 0.15) is 41.1 Å². The molecule has 1 N–H and O–H groups in total. The van der Waals surface area contributed by atoms with Crippen LogP contribution in [0.2, 0.25) is 5.02 Å². The Kier molecular flexibility index (Phi) is 7.27. The summed E-state index contributed by atoms with van der Waals surface area (Å²) in [7, 11) is 0. The normalized spacial score (nSPS) is 15.8. The summed E-state index contributed by atoms with van der Waals surface area (Å²) in [4.78, 5) is 10.9. The summed E-state index contributed by atoms with van der Waals surface area (Å²) in [5.41, 5.74) is 4.36. The molecule has 1 aromatic carbocycles. The molecule has 0 saturated carbocycles. The van der Waals surface area contributed by atoms with Crippen molar-refractivity contribution in [2.45, 2.75) is 26.5 Å². The molecule has 0 spiro atoms. The number of H-pyrrole nitrogens is 1. The maximum Gasteiger partial charge on any atom is 0.151 e. The summed E-state index contributed by atoms with van der Waals surface area (Å²) >= 11 is 6.34. The fourth-order valence-corrected chi connectivity index (χ4v) is 4.75. The lowest BCUT2D eigenvalue weighted by molar-refractivity contribution is 0.0336. The number of hydrogen-bond donors (Lipinski definition) is 1. The molecule has 0 aliphatic carbocycles. The Morgan fingerprint density at radius 3 is 2.81 bits per heavy atom. The van der Waals surface area contributed by atoms with Gasteiger partial charge in [0.05, 0.1) is 29.4 Å². The fraction of sp³-hybridized carbons (Fsp3) is 0.296. The van der Waals surface area contributed by atoms with Gasteiger partial charge in [-0.3, -0.25) is 20.0 Å². The minimum Gasteiger partial charge on any atom is -0.486 e. The van der Waals surface area contributed by atoms with E-state index in [0.717, 1.165) is 49.7 Å². The van der Waals surface area contributed by atoms with Crippen LogP contribution in [-0.4, -0.2) is 51.4 Å². The summed E-state index contributed by atoms with van der Waals surface area (Å²) in [5.74, 6) is 0.133. The van der Waals surface area contributed by atoms with Crippen molar-refractivity contribution in [3.05, 3.63) is 82.0 Å². The third kappa shape index (κ3) is 5.41. The molecule has 1 saturated heterocycles. The molecule has 1 aliphatic heterocycles. The summed E-state index contributed by atoms with van der Waals surface area (Å²) < 4.78 is 26.8. The number of aromatic nitrogens is 4. The van der Waals surface area contributed by atoms with Crippen LogP contribution in [0.25, 0.3) is 22.8 Å². The van der Waals surface area contributed by atoms with Crippen molar-refractivity contribution >= 4 is 34.4 Å². The zero-order valence-electron chi connectivity index (χ0n) is 20.2. The Morgan fingerprint density at radius 1 is 1.22 bits per heavy atom. The third-order valence-electron chi connectivity index (χ3n) is 6.25. The third-order valence-corrected chi connectivity index (χ3v) is 6.55. The number of aromatic amines is 1. The number of nitrogens with one attached hydrogen (secondary N) is 1. The first-order valence-electron chi connectivity index (χ1n) is 11.9. The molecule has 4 aromatic rings. The van der Waals surface area contributed by atoms with Crippen LogP contribution in [0.4, 0.5) is 4.39 Å². The second-order valence-corrected chi connectivity index (χ2v) is 9.26. The molecule has 1 unspecified atom stereocenters. The van der Waals surface area contributed by atoms with Crippen LogP contribution in [0.15, 0.2) is 48.9 Å². The van der Waals surface area contributed by atoms with Gasteiger partial charge in [0.15, 0.2) is 5.83 Å². The molecule has 4 heterocycles. The number of rotatable bonds is 7. The lowest BCUT2D eigenvalue weighted by atomic mass is 10.1. The molecule has 36 heavy (non-hydrogen) atoms. The Labute approximate surface area is 213 Å². The standard InChI is InChI=1S/C27H27ClFN5O2/c1-17-13-30-15-23(28)26(17)18(2)36-21-5-6-25-22(12-21)27(33-32-25)24(29)11-19-3-4-20(31-14-19)16-34-7-9-35-10-8-34/h3-6,11-15,18H,7-10,16H2,1-2H3,(H,32,33)/b24-11-. The Bertz CT molecular complexity index is 1360. The summed E-state index contributed by atoms with van der Waals surface area (Å²) in [6.45, 7) is 7.89. The van der Waals surface area contributed by atoms with Crippen molar-refractivity contribution in [3.63, 3.8) is 0 Å². The lowest BCUT2D eigenvalue weighted by Crippen LogP contribution is -2.35. The first-order valence-corrected chi connectivity index (χ1v) is 12.2. The number of fused-ring (bicyclic) bond motifs is 1. The maximum absolute atomic E-state index is 15.3. The molecule has 1 aliphatic rings. The van der Waals surface area contributed by atoms with E-state index in [1.54, 1.807) is 24.7 Å². The van der Waals surface area contributed by atoms with E-state index in [1.165, 1.54) is 6.08 Å². The number of benzene rings is 1. The zero-order valence-corrected chi connectivity index (χ0v) is 20.9. The van der Waals surface area contributed by atoms with Crippen molar-refractivity contribution in [2.24, 2.45) is 0 Å². The summed E-state index contributed by atoms with van der Waals surface area (Å²) in [6, 6.07) is 9.23. The second-order valence-electron chi connectivity index (χ2n) is 8.86. The van der Waals surface area contributed by atoms with Crippen LogP contribution in [0.5, 0.6) is 5.75 Å². The number of aryl methyl sites for hydroxylation is 1. The number of hydrogen-bond acceptors (Lipinski definition) is 6. The highest BCUT2D eigenvalue weighted by molar-refractivity contribution is 6.31. The van der Waals surface area contributed by atoms with E-state index in [4.69, 9.17) is 21.1 Å². The van der Waals surface area contributed by atoms with Crippen LogP contribution in [-0.2, 0) is 11.3 Å². The average Bonchev–Trinajstić information content (AvgIpc) is 3.29. The van der Waals surface area contributed by atoms with E-state index in [2.05, 4.69) is 25.1 Å². The van der Waals surface area contributed by atoms with Gasteiger partial charge in [-0.2, -0.15) is 5.10 Å². The molecule has 7 nitrogen and oxygen atoms in total. The number of ether oxygens (including phenoxy) is 2. The quantitative estimate of drug-likeness (QED) is 0.343. The van der Waals surface area contributed by atoms with Gasteiger partial charge in [-0.25, -0.2) is 4.39 Å². The number of halogens is 2. The molecular weight excluding hydrogens is 481 g/mol. The van der Waals surface area contributed by atoms with Crippen LogP contribution in [0.3, 0.4) is 0 Å². The van der Waals surface area contributed by atoms with Gasteiger partial charge in [0.2, 0.25) is 0 Å². The molecule has 186 valence electrons. The van der Waals surface area contributed by atoms with Gasteiger partial charge < -0.3 is 9.47 Å². The summed E-state index contributed by atoms with van der Waals surface area (Å²) in [5, 5.41) is 8.27. The molecular formula is C27H27ClFN5O2. The molecule has 0 amide bonds. The smallest absolute Gasteiger partial charge is 0.151 e. The van der Waals surface area contributed by atoms with E-state index in [9.17, 15) is 0 Å². The van der Waals surface area contributed by atoms with Crippen molar-refractivity contribution in [1.82, 2.24) is 25.1 Å².